The molecule has 0 aliphatic carbocycles. The molecular weight excluding hydrogens is 334 g/mol. The number of aliphatic carboxylic acids is 2. The monoisotopic (exact) mass is 351 g/mol. The Kier molecular flexibility index (Phi) is 7.23. The first-order chi connectivity index (χ1) is 11.0. The molecule has 2 aromatic carbocycles. The minimum Gasteiger partial charge on any atom is -1.00 e. The van der Waals surface area contributed by atoms with E-state index in [9.17, 15) is 9.59 Å². The zero-order valence-electron chi connectivity index (χ0n) is 12.8. The lowest BCUT2D eigenvalue weighted by Gasteiger charge is -2.16. The Balaban J connectivity index is 0.00000288. The van der Waals surface area contributed by atoms with Crippen LogP contribution in [-0.4, -0.2) is 34.3 Å². The van der Waals surface area contributed by atoms with Crippen LogP contribution in [-0.2, 0) is 9.59 Å². The van der Waals surface area contributed by atoms with E-state index in [2.05, 4.69) is 5.73 Å². The van der Waals surface area contributed by atoms with Crippen LogP contribution < -0.4 is 22.9 Å². The number of hydrogen-bond donors (Lipinski definition) is 3. The number of benzene rings is 2. The topological polar surface area (TPSA) is 111 Å². The summed E-state index contributed by atoms with van der Waals surface area (Å²) in [4.78, 5) is 22.0. The Hall–Kier alpha value is -2.57. The number of ether oxygens (including phenoxy) is 1. The van der Waals surface area contributed by atoms with Crippen molar-refractivity contribution >= 4 is 11.9 Å². The van der Waals surface area contributed by atoms with Gasteiger partial charge in [0.15, 0.2) is 6.04 Å². The van der Waals surface area contributed by atoms with Crippen LogP contribution in [0.5, 0.6) is 5.75 Å². The summed E-state index contributed by atoms with van der Waals surface area (Å²) in [7, 11) is 0. The zero-order chi connectivity index (χ0) is 16.8. The summed E-state index contributed by atoms with van der Waals surface area (Å²) < 4.78 is 5.38. The van der Waals surface area contributed by atoms with Crippen LogP contribution in [0.3, 0.4) is 0 Å². The predicted molar refractivity (Wildman–Crippen MR) is 82.9 cm³/mol. The standard InChI is InChI=1S/C17H17NO5.ClH/c18-14(16(19)20)10-15(17(21)22)23-13-8-6-12(7-9-13)11-4-2-1-3-5-11;/h1-9,14-15H,10,18H2,(H,19,20)(H,21,22);1H/t14-,15+;/m1./s1. The highest BCUT2D eigenvalue weighted by atomic mass is 35.5. The highest BCUT2D eigenvalue weighted by molar-refractivity contribution is 5.76. The molecule has 2 aromatic rings. The lowest BCUT2D eigenvalue weighted by molar-refractivity contribution is -0.410. The summed E-state index contributed by atoms with van der Waals surface area (Å²) in [6, 6.07) is 15.7. The summed E-state index contributed by atoms with van der Waals surface area (Å²) in [6.07, 6.45) is -1.46. The Labute approximate surface area is 145 Å². The van der Waals surface area contributed by atoms with Crippen molar-refractivity contribution in [1.29, 1.82) is 0 Å². The number of carboxylic acids is 2. The van der Waals surface area contributed by atoms with Crippen LogP contribution in [0, 0.1) is 0 Å². The number of quaternary nitrogens is 1. The second kappa shape index (κ2) is 8.90. The maximum atomic E-state index is 11.2. The van der Waals surface area contributed by atoms with Crippen molar-refractivity contribution < 1.29 is 42.7 Å². The molecule has 0 heterocycles. The van der Waals surface area contributed by atoms with Gasteiger partial charge in [0, 0.05) is 0 Å². The Bertz CT molecular complexity index is 675. The van der Waals surface area contributed by atoms with E-state index in [0.29, 0.717) is 5.75 Å². The number of halogens is 1. The van der Waals surface area contributed by atoms with Crippen LogP contribution in [0.4, 0.5) is 0 Å². The van der Waals surface area contributed by atoms with E-state index in [0.717, 1.165) is 11.1 Å². The van der Waals surface area contributed by atoms with E-state index in [1.165, 1.54) is 0 Å². The van der Waals surface area contributed by atoms with Crippen LogP contribution >= 0.6 is 0 Å². The molecule has 0 saturated heterocycles. The van der Waals surface area contributed by atoms with Gasteiger partial charge in [-0.05, 0) is 23.3 Å². The number of hydrogen-bond acceptors (Lipinski definition) is 3. The first-order valence-electron chi connectivity index (χ1n) is 7.08. The van der Waals surface area contributed by atoms with Crippen molar-refractivity contribution in [2.75, 3.05) is 0 Å². The molecule has 2 atom stereocenters. The minimum absolute atomic E-state index is 0. The van der Waals surface area contributed by atoms with Gasteiger partial charge in [0.1, 0.15) is 5.75 Å². The molecule has 0 spiro atoms. The van der Waals surface area contributed by atoms with Gasteiger partial charge in [0.25, 0.3) is 0 Å². The van der Waals surface area contributed by atoms with Gasteiger partial charge in [-0.3, -0.25) is 0 Å². The Morgan fingerprint density at radius 3 is 1.96 bits per heavy atom. The molecule has 0 aromatic heterocycles. The van der Waals surface area contributed by atoms with Crippen molar-refractivity contribution in [3.05, 3.63) is 54.6 Å². The van der Waals surface area contributed by atoms with Gasteiger partial charge in [-0.15, -0.1) is 0 Å². The van der Waals surface area contributed by atoms with Gasteiger partial charge in [-0.1, -0.05) is 42.5 Å². The van der Waals surface area contributed by atoms with Crippen LogP contribution in [0.1, 0.15) is 6.42 Å². The highest BCUT2D eigenvalue weighted by Gasteiger charge is 2.28. The van der Waals surface area contributed by atoms with Crippen LogP contribution in [0.15, 0.2) is 54.6 Å². The average molecular weight is 352 g/mol. The molecular formula is C17H18ClNO5. The molecule has 0 bridgehead atoms. The number of rotatable bonds is 7. The third-order valence-corrected chi connectivity index (χ3v) is 3.36. The summed E-state index contributed by atoms with van der Waals surface area (Å²) in [6.45, 7) is 0. The fourth-order valence-electron chi connectivity index (χ4n) is 2.08. The molecule has 0 amide bonds. The number of carbonyl (C=O) groups is 2. The molecule has 24 heavy (non-hydrogen) atoms. The summed E-state index contributed by atoms with van der Waals surface area (Å²) in [5.74, 6) is -2.00. The van der Waals surface area contributed by atoms with Crippen LogP contribution in [0.25, 0.3) is 11.1 Å². The van der Waals surface area contributed by atoms with E-state index in [1.54, 1.807) is 12.1 Å². The van der Waals surface area contributed by atoms with Gasteiger partial charge in [0.05, 0.1) is 6.42 Å². The van der Waals surface area contributed by atoms with E-state index in [4.69, 9.17) is 14.9 Å². The first kappa shape index (κ1) is 19.5. The molecule has 0 aliphatic heterocycles. The first-order valence-corrected chi connectivity index (χ1v) is 7.08. The van der Waals surface area contributed by atoms with Gasteiger partial charge >= 0.3 is 11.9 Å². The van der Waals surface area contributed by atoms with Crippen molar-refractivity contribution in [2.45, 2.75) is 18.6 Å². The predicted octanol–water partition coefficient (Wildman–Crippen LogP) is -1.73. The molecule has 6 nitrogen and oxygen atoms in total. The fraction of sp³-hybridized carbons (Fsp3) is 0.176. The summed E-state index contributed by atoms with van der Waals surface area (Å²) in [5, 5.41) is 18.0. The third kappa shape index (κ3) is 5.26. The third-order valence-electron chi connectivity index (χ3n) is 3.36. The van der Waals surface area contributed by atoms with Gasteiger partial charge < -0.3 is 33.1 Å². The van der Waals surface area contributed by atoms with Crippen LogP contribution in [0.2, 0.25) is 0 Å². The SMILES string of the molecule is [Cl-].[NH3+][C@H](C[C@H](Oc1ccc(-c2ccccc2)cc1)C(=O)O)C(=O)O. The maximum absolute atomic E-state index is 11.2. The van der Waals surface area contributed by atoms with Crippen molar-refractivity contribution in [3.63, 3.8) is 0 Å². The smallest absolute Gasteiger partial charge is 0.362 e. The summed E-state index contributed by atoms with van der Waals surface area (Å²) in [5.41, 5.74) is 5.43. The van der Waals surface area contributed by atoms with E-state index < -0.39 is 24.1 Å². The molecule has 0 saturated carbocycles. The van der Waals surface area contributed by atoms with Gasteiger partial charge in [0.2, 0.25) is 6.10 Å². The molecule has 128 valence electrons. The second-order valence-corrected chi connectivity index (χ2v) is 5.11. The lowest BCUT2D eigenvalue weighted by atomic mass is 10.1. The molecule has 0 fully saturated rings. The van der Waals surface area contributed by atoms with E-state index >= 15 is 0 Å². The minimum atomic E-state index is -1.25. The van der Waals surface area contributed by atoms with E-state index in [-0.39, 0.29) is 18.8 Å². The average Bonchev–Trinajstić information content (AvgIpc) is 2.55. The lowest BCUT2D eigenvalue weighted by Crippen LogP contribution is -3.00. The number of carboxylic acid groups (broad SMARTS) is 2. The molecule has 0 radical (unpaired) electrons. The maximum Gasteiger partial charge on any atom is 0.362 e. The summed E-state index contributed by atoms with van der Waals surface area (Å²) >= 11 is 0. The molecule has 0 aliphatic rings. The molecule has 7 heteroatoms. The second-order valence-electron chi connectivity index (χ2n) is 5.11. The molecule has 5 N–H and O–H groups in total. The molecule has 2 rings (SSSR count). The van der Waals surface area contributed by atoms with Gasteiger partial charge in [-0.2, -0.15) is 0 Å². The van der Waals surface area contributed by atoms with Crippen molar-refractivity contribution in [3.8, 4) is 16.9 Å². The fourth-order valence-corrected chi connectivity index (χ4v) is 2.08. The zero-order valence-corrected chi connectivity index (χ0v) is 13.5. The Morgan fingerprint density at radius 2 is 1.46 bits per heavy atom. The molecule has 0 unspecified atom stereocenters. The normalized spacial score (nSPS) is 12.5. The Morgan fingerprint density at radius 1 is 0.917 bits per heavy atom. The quantitative estimate of drug-likeness (QED) is 0.549. The van der Waals surface area contributed by atoms with Gasteiger partial charge in [-0.25, -0.2) is 9.59 Å². The van der Waals surface area contributed by atoms with Crippen molar-refractivity contribution in [1.82, 2.24) is 0 Å². The van der Waals surface area contributed by atoms with E-state index in [1.807, 2.05) is 42.5 Å². The van der Waals surface area contributed by atoms with Crippen molar-refractivity contribution in [2.24, 2.45) is 0 Å². The largest absolute Gasteiger partial charge is 1.00 e. The highest BCUT2D eigenvalue weighted by Crippen LogP contribution is 2.23.